The first-order valence-corrected chi connectivity index (χ1v) is 8.09. The van der Waals surface area contributed by atoms with Gasteiger partial charge in [-0.3, -0.25) is 0 Å². The molecule has 2 heterocycles. The zero-order chi connectivity index (χ0) is 18.0. The average Bonchev–Trinajstić information content (AvgIpc) is 3.07. The van der Waals surface area contributed by atoms with Gasteiger partial charge in [-0.1, -0.05) is 37.3 Å². The van der Waals surface area contributed by atoms with E-state index in [0.717, 1.165) is 5.56 Å². The normalized spacial score (nSPS) is 12.4. The predicted molar refractivity (Wildman–Crippen MR) is 81.1 cm³/mol. The minimum absolute atomic E-state index is 0.205. The summed E-state index contributed by atoms with van der Waals surface area (Å²) in [5.41, 5.74) is 0.934. The molecule has 0 fully saturated rings. The second-order valence-corrected chi connectivity index (χ2v) is 5.99. The Morgan fingerprint density at radius 2 is 1.64 bits per heavy atom. The van der Waals surface area contributed by atoms with Gasteiger partial charge in [-0.15, -0.1) is 10.2 Å². The quantitative estimate of drug-likeness (QED) is 0.481. The third-order valence-electron chi connectivity index (χ3n) is 3.48. The third-order valence-corrected chi connectivity index (χ3v) is 4.38. The maximum atomic E-state index is 13.7. The lowest BCUT2D eigenvalue weighted by Gasteiger charge is -2.10. The minimum Gasteiger partial charge on any atom is -0.415 e. The average molecular weight is 369 g/mol. The molecule has 1 aromatic carbocycles. The van der Waals surface area contributed by atoms with Crippen LogP contribution in [0.2, 0.25) is 0 Å². The van der Waals surface area contributed by atoms with Crippen LogP contribution in [0.3, 0.4) is 0 Å². The van der Waals surface area contributed by atoms with Crippen molar-refractivity contribution in [3.05, 3.63) is 65.3 Å². The number of hydrogen-bond acceptors (Lipinski definition) is 5. The number of rotatable bonds is 5. The van der Waals surface area contributed by atoms with E-state index >= 15 is 0 Å². The summed E-state index contributed by atoms with van der Waals surface area (Å²) in [6.07, 6.45) is 0.650. The molecular formula is C16H11F4N3OS. The summed E-state index contributed by atoms with van der Waals surface area (Å²) in [4.78, 5) is 1.57. The fourth-order valence-corrected chi connectivity index (χ4v) is 3.02. The highest BCUT2D eigenvalue weighted by Gasteiger charge is 2.25. The van der Waals surface area contributed by atoms with Gasteiger partial charge in [0.2, 0.25) is 5.89 Å². The first kappa shape index (κ1) is 17.4. The molecule has 3 aromatic rings. The molecule has 1 atom stereocenters. The highest BCUT2D eigenvalue weighted by Crippen LogP contribution is 2.35. The molecule has 4 nitrogen and oxygen atoms in total. The van der Waals surface area contributed by atoms with Crippen LogP contribution in [-0.4, -0.2) is 15.2 Å². The van der Waals surface area contributed by atoms with Crippen LogP contribution < -0.4 is 0 Å². The van der Waals surface area contributed by atoms with Gasteiger partial charge in [0, 0.05) is 0 Å². The van der Waals surface area contributed by atoms with E-state index in [0.29, 0.717) is 18.2 Å². The highest BCUT2D eigenvalue weighted by atomic mass is 32.2. The van der Waals surface area contributed by atoms with Gasteiger partial charge in [0.25, 0.3) is 17.1 Å². The molecule has 0 aliphatic carbocycles. The van der Waals surface area contributed by atoms with Crippen molar-refractivity contribution >= 4 is 11.8 Å². The van der Waals surface area contributed by atoms with Crippen LogP contribution in [0.1, 0.15) is 30.7 Å². The van der Waals surface area contributed by atoms with Crippen LogP contribution in [-0.2, 0) is 0 Å². The summed E-state index contributed by atoms with van der Waals surface area (Å²) in [6.45, 7) is 1.92. The summed E-state index contributed by atoms with van der Waals surface area (Å²) >= 11 is 0.303. The molecule has 0 amide bonds. The molecule has 3 rings (SSSR count). The summed E-state index contributed by atoms with van der Waals surface area (Å²) in [5, 5.41) is 7.34. The van der Waals surface area contributed by atoms with Crippen molar-refractivity contribution in [3.63, 3.8) is 0 Å². The SMILES string of the molecule is CCC(c1ccccc1)c1nnc(Sc2c(F)c(F)nc(F)c2F)o1. The van der Waals surface area contributed by atoms with Crippen molar-refractivity contribution in [2.45, 2.75) is 29.4 Å². The van der Waals surface area contributed by atoms with Crippen molar-refractivity contribution in [1.82, 2.24) is 15.2 Å². The van der Waals surface area contributed by atoms with Gasteiger partial charge in [-0.05, 0) is 23.7 Å². The number of halogens is 4. The van der Waals surface area contributed by atoms with Crippen LogP contribution in [0.15, 0.2) is 44.9 Å². The van der Waals surface area contributed by atoms with Crippen molar-refractivity contribution in [2.24, 2.45) is 0 Å². The number of hydrogen-bond donors (Lipinski definition) is 0. The van der Waals surface area contributed by atoms with Gasteiger partial charge in [0.05, 0.1) is 10.8 Å². The number of nitrogens with zero attached hydrogens (tertiary/aromatic N) is 3. The van der Waals surface area contributed by atoms with Gasteiger partial charge >= 0.3 is 0 Å². The lowest BCUT2D eigenvalue weighted by atomic mass is 9.97. The van der Waals surface area contributed by atoms with E-state index in [4.69, 9.17) is 4.42 Å². The van der Waals surface area contributed by atoms with Crippen molar-refractivity contribution in [3.8, 4) is 0 Å². The molecular weight excluding hydrogens is 358 g/mol. The molecule has 130 valence electrons. The van der Waals surface area contributed by atoms with E-state index in [1.54, 1.807) is 0 Å². The Hall–Kier alpha value is -2.42. The molecule has 25 heavy (non-hydrogen) atoms. The second kappa shape index (κ2) is 7.22. The Labute approximate surface area is 144 Å². The Morgan fingerprint density at radius 3 is 2.24 bits per heavy atom. The molecule has 0 aliphatic rings. The molecule has 0 bridgehead atoms. The van der Waals surface area contributed by atoms with E-state index < -0.39 is 28.4 Å². The number of aromatic nitrogens is 3. The minimum atomic E-state index is -1.74. The lowest BCUT2D eigenvalue weighted by molar-refractivity contribution is 0.378. The highest BCUT2D eigenvalue weighted by molar-refractivity contribution is 7.99. The Morgan fingerprint density at radius 1 is 1.00 bits per heavy atom. The molecule has 0 radical (unpaired) electrons. The van der Waals surface area contributed by atoms with Crippen LogP contribution >= 0.6 is 11.8 Å². The fraction of sp³-hybridized carbons (Fsp3) is 0.188. The Kier molecular flexibility index (Phi) is 5.03. The van der Waals surface area contributed by atoms with Gasteiger partial charge in [-0.2, -0.15) is 13.8 Å². The first-order chi connectivity index (χ1) is 12.0. The Balaban J connectivity index is 1.90. The van der Waals surface area contributed by atoms with Crippen LogP contribution in [0.5, 0.6) is 0 Å². The van der Waals surface area contributed by atoms with Gasteiger partial charge in [0.15, 0.2) is 11.6 Å². The molecule has 2 aromatic heterocycles. The van der Waals surface area contributed by atoms with Crippen LogP contribution in [0.4, 0.5) is 17.6 Å². The topological polar surface area (TPSA) is 51.8 Å². The summed E-state index contributed by atoms with van der Waals surface area (Å²) in [7, 11) is 0. The summed E-state index contributed by atoms with van der Waals surface area (Å²) in [6, 6.07) is 9.36. The van der Waals surface area contributed by atoms with Crippen molar-refractivity contribution in [1.29, 1.82) is 0 Å². The molecule has 0 saturated heterocycles. The van der Waals surface area contributed by atoms with Crippen molar-refractivity contribution in [2.75, 3.05) is 0 Å². The third kappa shape index (κ3) is 3.51. The summed E-state index contributed by atoms with van der Waals surface area (Å²) < 4.78 is 59.1. The monoisotopic (exact) mass is 369 g/mol. The van der Waals surface area contributed by atoms with Gasteiger partial charge in [-0.25, -0.2) is 8.78 Å². The smallest absolute Gasteiger partial charge is 0.281 e. The van der Waals surface area contributed by atoms with E-state index in [9.17, 15) is 17.6 Å². The first-order valence-electron chi connectivity index (χ1n) is 7.27. The molecule has 9 heteroatoms. The molecule has 0 spiro atoms. The zero-order valence-corrected chi connectivity index (χ0v) is 13.7. The fourth-order valence-electron chi connectivity index (χ4n) is 2.29. The molecule has 0 saturated carbocycles. The van der Waals surface area contributed by atoms with Gasteiger partial charge in [0.1, 0.15) is 0 Å². The van der Waals surface area contributed by atoms with Crippen LogP contribution in [0, 0.1) is 23.5 Å². The number of pyridine rings is 1. The largest absolute Gasteiger partial charge is 0.415 e. The van der Waals surface area contributed by atoms with E-state index in [-0.39, 0.29) is 17.0 Å². The second-order valence-electron chi connectivity index (χ2n) is 5.03. The molecule has 0 aliphatic heterocycles. The van der Waals surface area contributed by atoms with Crippen LogP contribution in [0.25, 0.3) is 0 Å². The van der Waals surface area contributed by atoms with E-state index in [1.165, 1.54) is 0 Å². The van der Waals surface area contributed by atoms with E-state index in [2.05, 4.69) is 15.2 Å². The standard InChI is InChI=1S/C16H11F4N3OS/c1-2-9(8-6-4-3-5-7-8)15-22-23-16(24-15)25-12-10(17)13(19)21-14(20)11(12)18/h3-7,9H,2H2,1H3. The maximum Gasteiger partial charge on any atom is 0.281 e. The van der Waals surface area contributed by atoms with Gasteiger partial charge < -0.3 is 4.42 Å². The maximum absolute atomic E-state index is 13.7. The molecule has 0 N–H and O–H groups in total. The predicted octanol–water partition coefficient (Wildman–Crippen LogP) is 4.71. The zero-order valence-electron chi connectivity index (χ0n) is 12.8. The Bertz CT molecular complexity index is 862. The number of benzene rings is 1. The molecule has 1 unspecified atom stereocenters. The van der Waals surface area contributed by atoms with E-state index in [1.807, 2.05) is 37.3 Å². The lowest BCUT2D eigenvalue weighted by Crippen LogP contribution is -2.01. The van der Waals surface area contributed by atoms with Crippen molar-refractivity contribution < 1.29 is 22.0 Å². The summed E-state index contributed by atoms with van der Waals surface area (Å²) in [5.74, 6) is -6.66.